The Morgan fingerprint density at radius 1 is 1.25 bits per heavy atom. The molecule has 0 atom stereocenters. The predicted octanol–water partition coefficient (Wildman–Crippen LogP) is 2.23. The van der Waals surface area contributed by atoms with Crippen molar-refractivity contribution in [3.05, 3.63) is 29.8 Å². The zero-order valence-electron chi connectivity index (χ0n) is 10.0. The standard InChI is InChI=1S/C12H19NO2S/c1-10(2)16(14,15)9-8-13-12-7-5-4-6-11(12)3/h4-7,10,13H,8-9H2,1-3H3. The molecule has 16 heavy (non-hydrogen) atoms. The quantitative estimate of drug-likeness (QED) is 0.860. The minimum Gasteiger partial charge on any atom is -0.384 e. The van der Waals surface area contributed by atoms with Crippen LogP contribution in [0.4, 0.5) is 5.69 Å². The molecule has 0 saturated heterocycles. The number of aryl methyl sites for hydroxylation is 1. The fourth-order valence-electron chi connectivity index (χ4n) is 1.33. The zero-order valence-corrected chi connectivity index (χ0v) is 10.8. The number of anilines is 1. The third-order valence-electron chi connectivity index (χ3n) is 2.57. The molecular weight excluding hydrogens is 222 g/mol. The average molecular weight is 241 g/mol. The third kappa shape index (κ3) is 3.52. The SMILES string of the molecule is Cc1ccccc1NCCS(=O)(=O)C(C)C. The molecule has 0 heterocycles. The van der Waals surface area contributed by atoms with Gasteiger partial charge >= 0.3 is 0 Å². The molecule has 1 rings (SSSR count). The monoisotopic (exact) mass is 241 g/mol. The molecule has 0 aliphatic rings. The lowest BCUT2D eigenvalue weighted by atomic mass is 10.2. The van der Waals surface area contributed by atoms with Gasteiger partial charge in [-0.05, 0) is 32.4 Å². The summed E-state index contributed by atoms with van der Waals surface area (Å²) in [4.78, 5) is 0. The Balaban J connectivity index is 2.52. The number of hydrogen-bond donors (Lipinski definition) is 1. The summed E-state index contributed by atoms with van der Waals surface area (Å²) >= 11 is 0. The van der Waals surface area contributed by atoms with E-state index in [1.807, 2.05) is 31.2 Å². The van der Waals surface area contributed by atoms with E-state index in [2.05, 4.69) is 5.32 Å². The van der Waals surface area contributed by atoms with Gasteiger partial charge in [0, 0.05) is 12.2 Å². The Kier molecular flexibility index (Phi) is 4.35. The Morgan fingerprint density at radius 2 is 1.88 bits per heavy atom. The zero-order chi connectivity index (χ0) is 12.2. The van der Waals surface area contributed by atoms with Crippen LogP contribution in [0, 0.1) is 6.92 Å². The van der Waals surface area contributed by atoms with E-state index in [1.54, 1.807) is 13.8 Å². The van der Waals surface area contributed by atoms with Crippen molar-refractivity contribution in [2.45, 2.75) is 26.0 Å². The van der Waals surface area contributed by atoms with Gasteiger partial charge in [-0.2, -0.15) is 0 Å². The topological polar surface area (TPSA) is 46.2 Å². The van der Waals surface area contributed by atoms with Crippen LogP contribution in [0.25, 0.3) is 0 Å². The van der Waals surface area contributed by atoms with Crippen LogP contribution >= 0.6 is 0 Å². The number of sulfone groups is 1. The van der Waals surface area contributed by atoms with E-state index in [-0.39, 0.29) is 11.0 Å². The Morgan fingerprint density at radius 3 is 2.44 bits per heavy atom. The van der Waals surface area contributed by atoms with E-state index in [1.165, 1.54) is 0 Å². The van der Waals surface area contributed by atoms with Crippen LogP contribution < -0.4 is 5.32 Å². The number of nitrogens with one attached hydrogen (secondary N) is 1. The number of benzene rings is 1. The lowest BCUT2D eigenvalue weighted by Gasteiger charge is -2.11. The van der Waals surface area contributed by atoms with Crippen LogP contribution in [-0.4, -0.2) is 26.0 Å². The molecule has 0 spiro atoms. The van der Waals surface area contributed by atoms with E-state index in [4.69, 9.17) is 0 Å². The summed E-state index contributed by atoms with van der Waals surface area (Å²) < 4.78 is 23.1. The van der Waals surface area contributed by atoms with Crippen molar-refractivity contribution >= 4 is 15.5 Å². The van der Waals surface area contributed by atoms with Gasteiger partial charge in [0.1, 0.15) is 0 Å². The van der Waals surface area contributed by atoms with Crippen LogP contribution in [0.1, 0.15) is 19.4 Å². The molecule has 0 aliphatic heterocycles. The Hall–Kier alpha value is -1.03. The van der Waals surface area contributed by atoms with Gasteiger partial charge in [-0.1, -0.05) is 18.2 Å². The van der Waals surface area contributed by atoms with Gasteiger partial charge in [0.05, 0.1) is 11.0 Å². The molecule has 0 unspecified atom stereocenters. The third-order valence-corrected chi connectivity index (χ3v) is 4.77. The first kappa shape index (κ1) is 13.0. The molecule has 0 amide bonds. The summed E-state index contributed by atoms with van der Waals surface area (Å²) in [5.41, 5.74) is 2.13. The highest BCUT2D eigenvalue weighted by atomic mass is 32.2. The lowest BCUT2D eigenvalue weighted by molar-refractivity contribution is 0.588. The van der Waals surface area contributed by atoms with E-state index in [9.17, 15) is 8.42 Å². The molecule has 90 valence electrons. The summed E-state index contributed by atoms with van der Waals surface area (Å²) in [6, 6.07) is 7.86. The molecule has 1 aromatic carbocycles. The first-order chi connectivity index (χ1) is 7.43. The average Bonchev–Trinajstić information content (AvgIpc) is 2.20. The maximum Gasteiger partial charge on any atom is 0.154 e. The van der Waals surface area contributed by atoms with E-state index in [0.717, 1.165) is 11.3 Å². The van der Waals surface area contributed by atoms with Crippen molar-refractivity contribution < 1.29 is 8.42 Å². The van der Waals surface area contributed by atoms with E-state index >= 15 is 0 Å². The molecule has 1 aromatic rings. The smallest absolute Gasteiger partial charge is 0.154 e. The minimum absolute atomic E-state index is 0.180. The molecule has 0 aromatic heterocycles. The highest BCUT2D eigenvalue weighted by molar-refractivity contribution is 7.92. The summed E-state index contributed by atoms with van der Waals surface area (Å²) in [6.07, 6.45) is 0. The van der Waals surface area contributed by atoms with Crippen molar-refractivity contribution in [2.75, 3.05) is 17.6 Å². The van der Waals surface area contributed by atoms with Gasteiger partial charge < -0.3 is 5.32 Å². The maximum absolute atomic E-state index is 11.6. The molecule has 0 fully saturated rings. The van der Waals surface area contributed by atoms with Crippen molar-refractivity contribution in [1.29, 1.82) is 0 Å². The van der Waals surface area contributed by atoms with Crippen LogP contribution in [-0.2, 0) is 9.84 Å². The van der Waals surface area contributed by atoms with E-state index < -0.39 is 9.84 Å². The Bertz CT molecular complexity index is 438. The van der Waals surface area contributed by atoms with Gasteiger partial charge in [-0.3, -0.25) is 0 Å². The largest absolute Gasteiger partial charge is 0.384 e. The highest BCUT2D eigenvalue weighted by Crippen LogP contribution is 2.12. The molecular formula is C12H19NO2S. The molecule has 0 bridgehead atoms. The second-order valence-electron chi connectivity index (χ2n) is 4.16. The minimum atomic E-state index is -2.94. The number of rotatable bonds is 5. The number of para-hydroxylation sites is 1. The van der Waals surface area contributed by atoms with Crippen molar-refractivity contribution in [2.24, 2.45) is 0 Å². The van der Waals surface area contributed by atoms with Gasteiger partial charge in [-0.15, -0.1) is 0 Å². The fraction of sp³-hybridized carbons (Fsp3) is 0.500. The summed E-state index contributed by atoms with van der Waals surface area (Å²) in [5, 5.41) is 2.84. The van der Waals surface area contributed by atoms with Gasteiger partial charge in [0.25, 0.3) is 0 Å². The highest BCUT2D eigenvalue weighted by Gasteiger charge is 2.15. The summed E-state index contributed by atoms with van der Waals surface area (Å²) in [7, 11) is -2.94. The van der Waals surface area contributed by atoms with Crippen LogP contribution in [0.2, 0.25) is 0 Å². The van der Waals surface area contributed by atoms with Gasteiger partial charge in [-0.25, -0.2) is 8.42 Å². The Labute approximate surface area is 97.8 Å². The van der Waals surface area contributed by atoms with Crippen molar-refractivity contribution in [3.63, 3.8) is 0 Å². The normalized spacial score (nSPS) is 11.8. The maximum atomic E-state index is 11.6. The van der Waals surface area contributed by atoms with Crippen LogP contribution in [0.15, 0.2) is 24.3 Å². The second kappa shape index (κ2) is 5.34. The van der Waals surface area contributed by atoms with Crippen molar-refractivity contribution in [3.8, 4) is 0 Å². The fourth-order valence-corrected chi connectivity index (χ4v) is 2.19. The molecule has 4 heteroatoms. The van der Waals surface area contributed by atoms with Gasteiger partial charge in [0.15, 0.2) is 9.84 Å². The summed E-state index contributed by atoms with van der Waals surface area (Å²) in [5.74, 6) is 0.180. The molecule has 0 aliphatic carbocycles. The number of hydrogen-bond acceptors (Lipinski definition) is 3. The molecule has 3 nitrogen and oxygen atoms in total. The molecule has 1 N–H and O–H groups in total. The van der Waals surface area contributed by atoms with Crippen LogP contribution in [0.3, 0.4) is 0 Å². The second-order valence-corrected chi connectivity index (χ2v) is 6.83. The van der Waals surface area contributed by atoms with Crippen molar-refractivity contribution in [1.82, 2.24) is 0 Å². The van der Waals surface area contributed by atoms with E-state index in [0.29, 0.717) is 6.54 Å². The van der Waals surface area contributed by atoms with Gasteiger partial charge in [0.2, 0.25) is 0 Å². The molecule has 0 radical (unpaired) electrons. The first-order valence-electron chi connectivity index (χ1n) is 5.44. The first-order valence-corrected chi connectivity index (χ1v) is 7.16. The lowest BCUT2D eigenvalue weighted by Crippen LogP contribution is -2.23. The summed E-state index contributed by atoms with van der Waals surface area (Å²) in [6.45, 7) is 5.89. The molecule has 0 saturated carbocycles. The van der Waals surface area contributed by atoms with Crippen LogP contribution in [0.5, 0.6) is 0 Å². The predicted molar refractivity (Wildman–Crippen MR) is 68.6 cm³/mol.